The third-order valence-electron chi connectivity index (χ3n) is 6.17. The van der Waals surface area contributed by atoms with Crippen LogP contribution >= 0.6 is 11.8 Å². The molecule has 0 unspecified atom stereocenters. The molecule has 1 aliphatic carbocycles. The number of aliphatic imine (C=N–C) groups is 1. The second-order valence-electron chi connectivity index (χ2n) is 7.96. The quantitative estimate of drug-likeness (QED) is 0.503. The van der Waals surface area contributed by atoms with E-state index in [0.29, 0.717) is 5.54 Å². The van der Waals surface area contributed by atoms with E-state index < -0.39 is 0 Å². The summed E-state index contributed by atoms with van der Waals surface area (Å²) in [6, 6.07) is 0. The fourth-order valence-electron chi connectivity index (χ4n) is 4.55. The second kappa shape index (κ2) is 11.5. The van der Waals surface area contributed by atoms with Gasteiger partial charge in [-0.05, 0) is 19.8 Å². The van der Waals surface area contributed by atoms with Crippen LogP contribution in [0.1, 0.15) is 39.0 Å². The molecule has 3 fully saturated rings. The molecule has 3 aliphatic rings. The Kier molecular flexibility index (Phi) is 9.03. The molecule has 0 amide bonds. The lowest BCUT2D eigenvalue weighted by Gasteiger charge is -2.47. The minimum absolute atomic E-state index is 0.297. The van der Waals surface area contributed by atoms with Gasteiger partial charge in [-0.15, -0.1) is 0 Å². The lowest BCUT2D eigenvalue weighted by Crippen LogP contribution is -2.55. The van der Waals surface area contributed by atoms with Crippen LogP contribution < -0.4 is 10.6 Å². The van der Waals surface area contributed by atoms with Gasteiger partial charge in [0.1, 0.15) is 0 Å². The van der Waals surface area contributed by atoms with Gasteiger partial charge < -0.3 is 15.4 Å². The predicted molar refractivity (Wildman–Crippen MR) is 116 cm³/mol. The molecule has 7 heteroatoms. The molecular weight excluding hydrogens is 358 g/mol. The van der Waals surface area contributed by atoms with Crippen molar-refractivity contribution in [3.8, 4) is 0 Å². The first-order valence-electron chi connectivity index (χ1n) is 11.0. The smallest absolute Gasteiger partial charge is 0.191 e. The van der Waals surface area contributed by atoms with Gasteiger partial charge in [-0.25, -0.2) is 0 Å². The SMILES string of the molecule is CCNC(=NCC1(N2CCSCC2)CCCCC1)NCCN1CCOCC1. The first kappa shape index (κ1) is 21.2. The highest BCUT2D eigenvalue weighted by Gasteiger charge is 2.38. The van der Waals surface area contributed by atoms with Gasteiger partial charge in [0.15, 0.2) is 5.96 Å². The Balaban J connectivity index is 1.55. The number of thioether (sulfide) groups is 1. The van der Waals surface area contributed by atoms with Gasteiger partial charge in [-0.2, -0.15) is 11.8 Å². The van der Waals surface area contributed by atoms with Crippen molar-refractivity contribution in [1.29, 1.82) is 0 Å². The van der Waals surface area contributed by atoms with Crippen molar-refractivity contribution < 1.29 is 4.74 Å². The Morgan fingerprint density at radius 1 is 1.04 bits per heavy atom. The lowest BCUT2D eigenvalue weighted by molar-refractivity contribution is 0.0389. The molecule has 0 aromatic rings. The molecule has 0 aromatic carbocycles. The molecule has 1 saturated carbocycles. The number of nitrogens with one attached hydrogen (secondary N) is 2. The van der Waals surface area contributed by atoms with Gasteiger partial charge in [-0.1, -0.05) is 19.3 Å². The van der Waals surface area contributed by atoms with Crippen molar-refractivity contribution in [2.24, 2.45) is 4.99 Å². The molecule has 0 atom stereocenters. The zero-order valence-corrected chi connectivity index (χ0v) is 18.0. The fourth-order valence-corrected chi connectivity index (χ4v) is 5.45. The Labute approximate surface area is 169 Å². The van der Waals surface area contributed by atoms with E-state index in [4.69, 9.17) is 9.73 Å². The van der Waals surface area contributed by atoms with E-state index in [0.717, 1.165) is 58.4 Å². The van der Waals surface area contributed by atoms with Gasteiger partial charge in [0, 0.05) is 62.9 Å². The molecule has 3 rings (SSSR count). The maximum atomic E-state index is 5.44. The van der Waals surface area contributed by atoms with Crippen LogP contribution in [0.4, 0.5) is 0 Å². The molecule has 2 aliphatic heterocycles. The predicted octanol–water partition coefficient (Wildman–Crippen LogP) is 1.63. The van der Waals surface area contributed by atoms with Crippen LogP contribution in [0.2, 0.25) is 0 Å². The maximum Gasteiger partial charge on any atom is 0.191 e. The van der Waals surface area contributed by atoms with E-state index in [1.54, 1.807) is 0 Å². The zero-order valence-electron chi connectivity index (χ0n) is 17.2. The molecule has 2 heterocycles. The van der Waals surface area contributed by atoms with Crippen LogP contribution in [0.3, 0.4) is 0 Å². The summed E-state index contributed by atoms with van der Waals surface area (Å²) in [5.41, 5.74) is 0.297. The molecule has 156 valence electrons. The number of ether oxygens (including phenoxy) is 1. The first-order valence-corrected chi connectivity index (χ1v) is 12.1. The highest BCUT2D eigenvalue weighted by atomic mass is 32.2. The molecule has 0 bridgehead atoms. The van der Waals surface area contributed by atoms with Gasteiger partial charge in [0.2, 0.25) is 0 Å². The fraction of sp³-hybridized carbons (Fsp3) is 0.950. The number of hydrogen-bond donors (Lipinski definition) is 2. The third-order valence-corrected chi connectivity index (χ3v) is 7.11. The monoisotopic (exact) mass is 397 g/mol. The largest absolute Gasteiger partial charge is 0.379 e. The highest BCUT2D eigenvalue weighted by molar-refractivity contribution is 7.99. The standard InChI is InChI=1S/C20H39N5OS/c1-2-21-19(22-8-9-24-10-14-26-15-11-24)23-18-20(6-4-3-5-7-20)25-12-16-27-17-13-25/h2-18H2,1H3,(H2,21,22,23). The van der Waals surface area contributed by atoms with E-state index in [1.165, 1.54) is 56.7 Å². The minimum atomic E-state index is 0.297. The summed E-state index contributed by atoms with van der Waals surface area (Å²) >= 11 is 2.10. The number of guanidine groups is 1. The second-order valence-corrected chi connectivity index (χ2v) is 9.19. The third kappa shape index (κ3) is 6.51. The topological polar surface area (TPSA) is 52.1 Å². The Hall–Kier alpha value is -0.500. The van der Waals surface area contributed by atoms with E-state index in [9.17, 15) is 0 Å². The number of morpholine rings is 1. The van der Waals surface area contributed by atoms with Crippen molar-refractivity contribution in [3.05, 3.63) is 0 Å². The maximum absolute atomic E-state index is 5.44. The number of rotatable bonds is 7. The average molecular weight is 398 g/mol. The summed E-state index contributed by atoms with van der Waals surface area (Å²) in [6.45, 7) is 12.3. The minimum Gasteiger partial charge on any atom is -0.379 e. The van der Waals surface area contributed by atoms with Crippen LogP contribution in [0.25, 0.3) is 0 Å². The normalized spacial score (nSPS) is 25.3. The highest BCUT2D eigenvalue weighted by Crippen LogP contribution is 2.35. The molecule has 0 spiro atoms. The van der Waals surface area contributed by atoms with Crippen molar-refractivity contribution in [2.75, 3.05) is 77.1 Å². The summed E-state index contributed by atoms with van der Waals surface area (Å²) in [5, 5.41) is 7.01. The lowest BCUT2D eigenvalue weighted by atomic mass is 9.80. The summed E-state index contributed by atoms with van der Waals surface area (Å²) in [5.74, 6) is 3.55. The van der Waals surface area contributed by atoms with Gasteiger partial charge in [-0.3, -0.25) is 14.8 Å². The van der Waals surface area contributed by atoms with Crippen molar-refractivity contribution in [1.82, 2.24) is 20.4 Å². The molecule has 2 N–H and O–H groups in total. The average Bonchev–Trinajstić information content (AvgIpc) is 2.74. The molecular formula is C20H39N5OS. The van der Waals surface area contributed by atoms with Crippen LogP contribution in [-0.2, 0) is 4.74 Å². The van der Waals surface area contributed by atoms with Gasteiger partial charge in [0.25, 0.3) is 0 Å². The van der Waals surface area contributed by atoms with E-state index in [1.807, 2.05) is 0 Å². The Morgan fingerprint density at radius 2 is 1.78 bits per heavy atom. The first-order chi connectivity index (χ1) is 13.3. The molecule has 0 radical (unpaired) electrons. The van der Waals surface area contributed by atoms with Gasteiger partial charge >= 0.3 is 0 Å². The van der Waals surface area contributed by atoms with Crippen LogP contribution in [0.15, 0.2) is 4.99 Å². The van der Waals surface area contributed by atoms with Crippen molar-refractivity contribution in [3.63, 3.8) is 0 Å². The molecule has 6 nitrogen and oxygen atoms in total. The van der Waals surface area contributed by atoms with Crippen molar-refractivity contribution in [2.45, 2.75) is 44.6 Å². The van der Waals surface area contributed by atoms with Crippen LogP contribution in [0, 0.1) is 0 Å². The molecule has 27 heavy (non-hydrogen) atoms. The summed E-state index contributed by atoms with van der Waals surface area (Å²) in [6.07, 6.45) is 6.74. The van der Waals surface area contributed by atoms with Crippen LogP contribution in [-0.4, -0.2) is 98.4 Å². The number of hydrogen-bond acceptors (Lipinski definition) is 5. The molecule has 0 aromatic heterocycles. The number of nitrogens with zero attached hydrogens (tertiary/aromatic N) is 3. The van der Waals surface area contributed by atoms with Crippen LogP contribution in [0.5, 0.6) is 0 Å². The summed E-state index contributed by atoms with van der Waals surface area (Å²) in [4.78, 5) is 10.3. The summed E-state index contributed by atoms with van der Waals surface area (Å²) < 4.78 is 5.44. The Morgan fingerprint density at radius 3 is 2.48 bits per heavy atom. The van der Waals surface area contributed by atoms with Gasteiger partial charge in [0.05, 0.1) is 19.8 Å². The molecule has 2 saturated heterocycles. The summed E-state index contributed by atoms with van der Waals surface area (Å²) in [7, 11) is 0. The van der Waals surface area contributed by atoms with E-state index in [2.05, 4.69) is 39.1 Å². The van der Waals surface area contributed by atoms with E-state index in [-0.39, 0.29) is 0 Å². The zero-order chi connectivity index (χ0) is 18.8. The van der Waals surface area contributed by atoms with Crippen molar-refractivity contribution >= 4 is 17.7 Å². The Bertz CT molecular complexity index is 444. The van der Waals surface area contributed by atoms with E-state index >= 15 is 0 Å².